The highest BCUT2D eigenvalue weighted by Crippen LogP contribution is 1.54. The predicted octanol–water partition coefficient (Wildman–Crippen LogP) is -0.893. The van der Waals surface area contributed by atoms with Crippen molar-refractivity contribution in [1.29, 1.82) is 0 Å². The van der Waals surface area contributed by atoms with Crippen LogP contribution in [0.3, 0.4) is 0 Å². The van der Waals surface area contributed by atoms with E-state index in [1.807, 2.05) is 0 Å². The lowest BCUT2D eigenvalue weighted by Gasteiger charge is -1.94. The zero-order valence-corrected chi connectivity index (χ0v) is 7.44. The number of rotatable bonds is 4. The average molecular weight is 201 g/mol. The lowest BCUT2D eigenvalue weighted by Crippen LogP contribution is -2.21. The number of hydrogen-bond donors (Lipinski definition) is 7. The fraction of sp³-hybridized carbons (Fsp3) is 0.800. The molecule has 0 aromatic carbocycles. The van der Waals surface area contributed by atoms with E-state index < -0.39 is 6.16 Å². The smallest absolute Gasteiger partial charge is 0.450 e. The Kier molecular flexibility index (Phi) is 39.2. The molecule has 8 heteroatoms. The summed E-state index contributed by atoms with van der Waals surface area (Å²) in [6.45, 7) is 1.42. The Hall–Kier alpha value is -0.930. The van der Waals surface area contributed by atoms with Crippen molar-refractivity contribution in [2.75, 3.05) is 26.3 Å². The lowest BCUT2D eigenvalue weighted by molar-refractivity contribution is 0.137. The van der Waals surface area contributed by atoms with Crippen LogP contribution in [0.25, 0.3) is 0 Å². The summed E-state index contributed by atoms with van der Waals surface area (Å²) >= 11 is 0. The third kappa shape index (κ3) is 96.6. The fourth-order valence-electron chi connectivity index (χ4n) is 0.283. The van der Waals surface area contributed by atoms with Gasteiger partial charge in [-0.2, -0.15) is 0 Å². The van der Waals surface area contributed by atoms with Crippen molar-refractivity contribution in [3.05, 3.63) is 0 Å². The maximum absolute atomic E-state index is 8.56. The minimum absolute atomic E-state index is 0. The van der Waals surface area contributed by atoms with Gasteiger partial charge in [-0.1, -0.05) is 0 Å². The van der Waals surface area contributed by atoms with Gasteiger partial charge in [-0.05, 0) is 0 Å². The second-order valence-electron chi connectivity index (χ2n) is 1.48. The summed E-state index contributed by atoms with van der Waals surface area (Å²) in [6.07, 6.45) is -1.83. The average Bonchev–Trinajstić information content (AvgIpc) is 1.88. The van der Waals surface area contributed by atoms with Crippen LogP contribution in [-0.4, -0.2) is 52.9 Å². The van der Waals surface area contributed by atoms with E-state index in [1.54, 1.807) is 0 Å². The molecule has 8 nitrogen and oxygen atoms in total. The van der Waals surface area contributed by atoms with Crippen molar-refractivity contribution >= 4 is 6.16 Å². The second-order valence-corrected chi connectivity index (χ2v) is 1.48. The molecule has 0 aliphatic rings. The molecule has 11 N–H and O–H groups in total. The molecule has 0 unspecified atom stereocenters. The number of carboxylic acid groups (broad SMARTS) is 2. The summed E-state index contributed by atoms with van der Waals surface area (Å²) in [7, 11) is 0. The van der Waals surface area contributed by atoms with Gasteiger partial charge in [-0.25, -0.2) is 4.79 Å². The normalized spacial score (nSPS) is 6.92. The maximum Gasteiger partial charge on any atom is 0.503 e. The van der Waals surface area contributed by atoms with Gasteiger partial charge in [0.05, 0.1) is 13.2 Å². The minimum Gasteiger partial charge on any atom is -0.450 e. The van der Waals surface area contributed by atoms with Gasteiger partial charge in [0.15, 0.2) is 0 Å². The Bertz CT molecular complexity index is 84.2. The molecule has 0 saturated heterocycles. The predicted molar refractivity (Wildman–Crippen MR) is 47.7 cm³/mol. The van der Waals surface area contributed by atoms with E-state index in [2.05, 4.69) is 5.32 Å². The quantitative estimate of drug-likeness (QED) is 0.286. The molecule has 0 aromatic rings. The summed E-state index contributed by atoms with van der Waals surface area (Å²) in [4.78, 5) is 8.56. The van der Waals surface area contributed by atoms with E-state index in [-0.39, 0.29) is 25.5 Å². The van der Waals surface area contributed by atoms with Crippen LogP contribution in [0.1, 0.15) is 0 Å². The molecule has 0 bridgehead atoms. The van der Waals surface area contributed by atoms with Crippen molar-refractivity contribution in [2.24, 2.45) is 0 Å². The van der Waals surface area contributed by atoms with Crippen LogP contribution in [0, 0.1) is 0 Å². The molecule has 0 rings (SSSR count). The number of aliphatic hydroxyl groups is 2. The Balaban J connectivity index is -0.0000000600. The summed E-state index contributed by atoms with van der Waals surface area (Å²) < 4.78 is 0. The molecule has 0 saturated carbocycles. The largest absolute Gasteiger partial charge is 0.503 e. The van der Waals surface area contributed by atoms with E-state index in [1.165, 1.54) is 0 Å². The van der Waals surface area contributed by atoms with E-state index in [4.69, 9.17) is 25.2 Å². The summed E-state index contributed by atoms with van der Waals surface area (Å²) in [5.74, 6) is 0. The molecule has 0 aliphatic carbocycles. The first-order chi connectivity index (χ1) is 5.15. The lowest BCUT2D eigenvalue weighted by atomic mass is 10.6. The number of nitrogens with one attached hydrogen (secondary N) is 1. The molecule has 0 radical (unpaired) electrons. The molecule has 0 spiro atoms. The Morgan fingerprint density at radius 3 is 1.38 bits per heavy atom. The Morgan fingerprint density at radius 2 is 1.23 bits per heavy atom. The zero-order valence-electron chi connectivity index (χ0n) is 7.44. The highest BCUT2D eigenvalue weighted by molar-refractivity contribution is 5.53. The van der Waals surface area contributed by atoms with E-state index in [0.29, 0.717) is 13.1 Å². The minimum atomic E-state index is -1.83. The number of aliphatic hydroxyl groups excluding tert-OH is 2. The molecular formula is C5H19N3O5. The van der Waals surface area contributed by atoms with Gasteiger partial charge in [-0.3, -0.25) is 0 Å². The summed E-state index contributed by atoms with van der Waals surface area (Å²) in [5, 5.41) is 33.0. The van der Waals surface area contributed by atoms with E-state index >= 15 is 0 Å². The molecule has 0 heterocycles. The Morgan fingerprint density at radius 1 is 1.00 bits per heavy atom. The monoisotopic (exact) mass is 201 g/mol. The summed E-state index contributed by atoms with van der Waals surface area (Å²) in [6, 6.07) is 0. The van der Waals surface area contributed by atoms with Gasteiger partial charge in [0.25, 0.3) is 0 Å². The van der Waals surface area contributed by atoms with Crippen LogP contribution >= 0.6 is 0 Å². The first-order valence-electron chi connectivity index (χ1n) is 2.99. The zero-order chi connectivity index (χ0) is 9.11. The number of hydrogen-bond acceptors (Lipinski definition) is 6. The third-order valence-corrected chi connectivity index (χ3v) is 0.577. The van der Waals surface area contributed by atoms with Crippen molar-refractivity contribution in [3.8, 4) is 0 Å². The van der Waals surface area contributed by atoms with Crippen LogP contribution in [-0.2, 0) is 0 Å². The molecule has 0 aromatic heterocycles. The van der Waals surface area contributed by atoms with Crippen molar-refractivity contribution in [3.63, 3.8) is 0 Å². The maximum atomic E-state index is 8.56. The standard InChI is InChI=1S/C4H11NO2.CH2O3.2H3N/c6-3-1-5-2-4-7;2-1(3)4;;/h5-7H,1-4H2;(H2,2,3,4);2*1H3. The molecule has 0 atom stereocenters. The van der Waals surface area contributed by atoms with Gasteiger partial charge in [0, 0.05) is 13.1 Å². The van der Waals surface area contributed by atoms with Gasteiger partial charge >= 0.3 is 6.16 Å². The van der Waals surface area contributed by atoms with Gasteiger partial charge in [0.2, 0.25) is 0 Å². The Labute approximate surface area is 76.4 Å². The molecule has 0 amide bonds. The molecule has 84 valence electrons. The molecule has 13 heavy (non-hydrogen) atoms. The van der Waals surface area contributed by atoms with E-state index in [9.17, 15) is 0 Å². The first-order valence-corrected chi connectivity index (χ1v) is 2.99. The van der Waals surface area contributed by atoms with Crippen LogP contribution in [0.4, 0.5) is 4.79 Å². The van der Waals surface area contributed by atoms with Crippen LogP contribution in [0.5, 0.6) is 0 Å². The highest BCUT2D eigenvalue weighted by Gasteiger charge is 1.78. The molecule has 0 fully saturated rings. The van der Waals surface area contributed by atoms with E-state index in [0.717, 1.165) is 0 Å². The second kappa shape index (κ2) is 22.5. The highest BCUT2D eigenvalue weighted by atomic mass is 16.6. The topological polar surface area (TPSA) is 180 Å². The SMILES string of the molecule is N.N.O=C(O)O.OCCNCCO. The van der Waals surface area contributed by atoms with Crippen LogP contribution in [0.2, 0.25) is 0 Å². The summed E-state index contributed by atoms with van der Waals surface area (Å²) in [5.41, 5.74) is 0. The van der Waals surface area contributed by atoms with Crippen molar-refractivity contribution in [2.45, 2.75) is 0 Å². The van der Waals surface area contributed by atoms with Crippen LogP contribution in [0.15, 0.2) is 0 Å². The molecular weight excluding hydrogens is 182 g/mol. The van der Waals surface area contributed by atoms with Crippen molar-refractivity contribution in [1.82, 2.24) is 17.6 Å². The molecule has 0 aliphatic heterocycles. The van der Waals surface area contributed by atoms with Gasteiger partial charge in [-0.15, -0.1) is 0 Å². The number of carbonyl (C=O) groups is 1. The van der Waals surface area contributed by atoms with Crippen molar-refractivity contribution < 1.29 is 25.2 Å². The third-order valence-electron chi connectivity index (χ3n) is 0.577. The van der Waals surface area contributed by atoms with Gasteiger partial charge < -0.3 is 38.0 Å². The van der Waals surface area contributed by atoms with Crippen LogP contribution < -0.4 is 17.6 Å². The first kappa shape index (κ1) is 22.7. The van der Waals surface area contributed by atoms with Gasteiger partial charge in [0.1, 0.15) is 0 Å². The fourth-order valence-corrected chi connectivity index (χ4v) is 0.283.